The van der Waals surface area contributed by atoms with Crippen LogP contribution in [0.15, 0.2) is 67.0 Å². The molecule has 0 radical (unpaired) electrons. The molecule has 0 unspecified atom stereocenters. The number of hydrogen-bond acceptors (Lipinski definition) is 5. The smallest absolute Gasteiger partial charge is 0.123 e. The van der Waals surface area contributed by atoms with E-state index in [1.165, 1.54) is 12.1 Å². The predicted molar refractivity (Wildman–Crippen MR) is 113 cm³/mol. The molecule has 1 saturated heterocycles. The van der Waals surface area contributed by atoms with Crippen LogP contribution in [-0.4, -0.2) is 56.3 Å². The standard InChI is InChI=1S/C23H23FN6/c1-28-11-12-29(15-20-7-2-3-10-25-20)16-22(28)23-21-9-8-18(14-30(21)27-26-23)17-5-4-6-19(24)13-17/h2-10,13-14,22H,11-12,15-16H2,1H3/t22-/m0/s1. The molecule has 0 saturated carbocycles. The Kier molecular flexibility index (Phi) is 4.98. The average Bonchev–Trinajstić information content (AvgIpc) is 3.19. The highest BCUT2D eigenvalue weighted by Gasteiger charge is 2.29. The van der Waals surface area contributed by atoms with Crippen molar-refractivity contribution < 1.29 is 4.39 Å². The van der Waals surface area contributed by atoms with E-state index >= 15 is 0 Å². The number of benzene rings is 1. The third-order valence-electron chi connectivity index (χ3n) is 5.76. The molecule has 1 atom stereocenters. The van der Waals surface area contributed by atoms with Gasteiger partial charge in [0.2, 0.25) is 0 Å². The van der Waals surface area contributed by atoms with Gasteiger partial charge in [-0.3, -0.25) is 14.8 Å². The summed E-state index contributed by atoms with van der Waals surface area (Å²) >= 11 is 0. The average molecular weight is 402 g/mol. The van der Waals surface area contributed by atoms with Crippen LogP contribution >= 0.6 is 0 Å². The topological polar surface area (TPSA) is 49.6 Å². The zero-order valence-electron chi connectivity index (χ0n) is 16.8. The lowest BCUT2D eigenvalue weighted by Crippen LogP contribution is -2.46. The van der Waals surface area contributed by atoms with Crippen molar-refractivity contribution in [2.75, 3.05) is 26.7 Å². The highest BCUT2D eigenvalue weighted by molar-refractivity contribution is 5.66. The Labute approximate surface area is 174 Å². The lowest BCUT2D eigenvalue weighted by molar-refractivity contribution is 0.0881. The van der Waals surface area contributed by atoms with Crippen LogP contribution in [0, 0.1) is 5.82 Å². The molecule has 0 aliphatic carbocycles. The Morgan fingerprint density at radius 3 is 2.80 bits per heavy atom. The van der Waals surface area contributed by atoms with E-state index in [2.05, 4.69) is 38.2 Å². The quantitative estimate of drug-likeness (QED) is 0.524. The van der Waals surface area contributed by atoms with Crippen LogP contribution in [0.25, 0.3) is 16.6 Å². The molecule has 6 nitrogen and oxygen atoms in total. The van der Waals surface area contributed by atoms with E-state index in [1.807, 2.05) is 42.7 Å². The largest absolute Gasteiger partial charge is 0.295 e. The summed E-state index contributed by atoms with van der Waals surface area (Å²) < 4.78 is 15.4. The van der Waals surface area contributed by atoms with Gasteiger partial charge in [0.1, 0.15) is 11.5 Å². The lowest BCUT2D eigenvalue weighted by Gasteiger charge is -2.38. The minimum absolute atomic E-state index is 0.153. The normalized spacial score (nSPS) is 18.1. The summed E-state index contributed by atoms with van der Waals surface area (Å²) in [5.74, 6) is -0.247. The number of nitrogens with zero attached hydrogens (tertiary/aromatic N) is 6. The monoisotopic (exact) mass is 402 g/mol. The maximum Gasteiger partial charge on any atom is 0.123 e. The van der Waals surface area contributed by atoms with Crippen LogP contribution in [-0.2, 0) is 6.54 Å². The van der Waals surface area contributed by atoms with Crippen molar-refractivity contribution in [1.82, 2.24) is 29.6 Å². The van der Waals surface area contributed by atoms with Crippen molar-refractivity contribution in [3.8, 4) is 11.1 Å². The fraction of sp³-hybridized carbons (Fsp3) is 0.261. The molecular weight excluding hydrogens is 379 g/mol. The molecule has 1 aromatic carbocycles. The molecule has 7 heteroatoms. The van der Waals surface area contributed by atoms with Crippen molar-refractivity contribution in [2.24, 2.45) is 0 Å². The molecule has 3 aromatic heterocycles. The van der Waals surface area contributed by atoms with E-state index in [9.17, 15) is 4.39 Å². The SMILES string of the molecule is CN1CCN(Cc2ccccn2)C[C@H]1c1nnn2cc(-c3cccc(F)c3)ccc12. The summed E-state index contributed by atoms with van der Waals surface area (Å²) in [6.07, 6.45) is 3.75. The van der Waals surface area contributed by atoms with Crippen molar-refractivity contribution in [1.29, 1.82) is 0 Å². The summed E-state index contributed by atoms with van der Waals surface area (Å²) in [4.78, 5) is 9.21. The number of halogens is 1. The number of hydrogen-bond donors (Lipinski definition) is 0. The Morgan fingerprint density at radius 2 is 1.97 bits per heavy atom. The highest BCUT2D eigenvalue weighted by atomic mass is 19.1. The van der Waals surface area contributed by atoms with Gasteiger partial charge in [-0.2, -0.15) is 0 Å². The minimum Gasteiger partial charge on any atom is -0.295 e. The molecule has 1 aliphatic rings. The first-order valence-electron chi connectivity index (χ1n) is 10.1. The number of piperazine rings is 1. The van der Waals surface area contributed by atoms with Crippen LogP contribution in [0.4, 0.5) is 4.39 Å². The van der Waals surface area contributed by atoms with Gasteiger partial charge in [0, 0.05) is 44.1 Å². The van der Waals surface area contributed by atoms with Gasteiger partial charge in [0.05, 0.1) is 17.3 Å². The number of aromatic nitrogens is 4. The molecular formula is C23H23FN6. The van der Waals surface area contributed by atoms with Crippen LogP contribution in [0.3, 0.4) is 0 Å². The zero-order valence-corrected chi connectivity index (χ0v) is 16.8. The van der Waals surface area contributed by atoms with Crippen molar-refractivity contribution >= 4 is 5.52 Å². The zero-order chi connectivity index (χ0) is 20.5. The first-order chi connectivity index (χ1) is 14.7. The molecule has 5 rings (SSSR count). The fourth-order valence-corrected chi connectivity index (χ4v) is 4.08. The van der Waals surface area contributed by atoms with E-state index in [4.69, 9.17) is 0 Å². The van der Waals surface area contributed by atoms with E-state index < -0.39 is 0 Å². The molecule has 0 amide bonds. The molecule has 4 aromatic rings. The maximum absolute atomic E-state index is 13.6. The van der Waals surface area contributed by atoms with Crippen LogP contribution in [0.1, 0.15) is 17.4 Å². The van der Waals surface area contributed by atoms with E-state index in [0.717, 1.165) is 54.2 Å². The lowest BCUT2D eigenvalue weighted by atomic mass is 10.1. The van der Waals surface area contributed by atoms with Crippen molar-refractivity contribution in [3.63, 3.8) is 0 Å². The molecule has 152 valence electrons. The van der Waals surface area contributed by atoms with Crippen molar-refractivity contribution in [2.45, 2.75) is 12.6 Å². The molecule has 0 bridgehead atoms. The maximum atomic E-state index is 13.6. The van der Waals surface area contributed by atoms with Gasteiger partial charge in [0.15, 0.2) is 0 Å². The molecule has 4 heterocycles. The first kappa shape index (κ1) is 18.8. The second-order valence-corrected chi connectivity index (χ2v) is 7.79. The van der Waals surface area contributed by atoms with Crippen LogP contribution < -0.4 is 0 Å². The third-order valence-corrected chi connectivity index (χ3v) is 5.76. The summed E-state index contributed by atoms with van der Waals surface area (Å²) in [6.45, 7) is 3.64. The summed E-state index contributed by atoms with van der Waals surface area (Å²) in [6, 6.07) is 16.8. The first-order valence-corrected chi connectivity index (χ1v) is 10.1. The minimum atomic E-state index is -0.247. The number of rotatable bonds is 4. The van der Waals surface area contributed by atoms with Gasteiger partial charge in [-0.05, 0) is 42.9 Å². The van der Waals surface area contributed by atoms with Gasteiger partial charge in [-0.25, -0.2) is 8.91 Å². The van der Waals surface area contributed by atoms with E-state index in [1.54, 1.807) is 10.6 Å². The number of likely N-dealkylation sites (N-methyl/N-ethyl adjacent to an activating group) is 1. The van der Waals surface area contributed by atoms with Gasteiger partial charge in [0.25, 0.3) is 0 Å². The Balaban J connectivity index is 1.42. The second-order valence-electron chi connectivity index (χ2n) is 7.79. The van der Waals surface area contributed by atoms with E-state index in [-0.39, 0.29) is 11.9 Å². The summed E-state index contributed by atoms with van der Waals surface area (Å²) in [5, 5.41) is 8.88. The fourth-order valence-electron chi connectivity index (χ4n) is 4.08. The summed E-state index contributed by atoms with van der Waals surface area (Å²) in [5.41, 5.74) is 4.76. The van der Waals surface area contributed by atoms with Crippen LogP contribution in [0.5, 0.6) is 0 Å². The summed E-state index contributed by atoms with van der Waals surface area (Å²) in [7, 11) is 2.13. The van der Waals surface area contributed by atoms with Gasteiger partial charge < -0.3 is 0 Å². The van der Waals surface area contributed by atoms with Gasteiger partial charge >= 0.3 is 0 Å². The third kappa shape index (κ3) is 3.69. The number of pyridine rings is 2. The number of fused-ring (bicyclic) bond motifs is 1. The second kappa shape index (κ2) is 7.93. The Morgan fingerprint density at radius 1 is 1.03 bits per heavy atom. The molecule has 1 fully saturated rings. The molecule has 0 spiro atoms. The highest BCUT2D eigenvalue weighted by Crippen LogP contribution is 2.28. The van der Waals surface area contributed by atoms with Crippen molar-refractivity contribution in [3.05, 3.63) is 84.2 Å². The van der Waals surface area contributed by atoms with Gasteiger partial charge in [-0.15, -0.1) is 5.10 Å². The molecule has 1 aliphatic heterocycles. The molecule has 0 N–H and O–H groups in total. The van der Waals surface area contributed by atoms with E-state index in [0.29, 0.717) is 0 Å². The predicted octanol–water partition coefficient (Wildman–Crippen LogP) is 3.42. The van der Waals surface area contributed by atoms with Crippen LogP contribution in [0.2, 0.25) is 0 Å². The molecule has 30 heavy (non-hydrogen) atoms. The van der Waals surface area contributed by atoms with Gasteiger partial charge in [-0.1, -0.05) is 29.5 Å². The Hall–Kier alpha value is -3.16. The Bertz CT molecular complexity index is 1160.